The van der Waals surface area contributed by atoms with Crippen molar-refractivity contribution < 1.29 is 14.3 Å². The van der Waals surface area contributed by atoms with E-state index in [1.54, 1.807) is 4.90 Å². The van der Waals surface area contributed by atoms with E-state index in [4.69, 9.17) is 4.74 Å². The first-order valence-corrected chi connectivity index (χ1v) is 8.63. The van der Waals surface area contributed by atoms with Gasteiger partial charge in [0, 0.05) is 25.6 Å². The van der Waals surface area contributed by atoms with E-state index in [1.807, 2.05) is 39.0 Å². The number of hydrogen-bond acceptors (Lipinski definition) is 3. The van der Waals surface area contributed by atoms with Gasteiger partial charge in [0.1, 0.15) is 5.60 Å². The Balaban J connectivity index is 1.87. The molecule has 2 saturated heterocycles. The Morgan fingerprint density at radius 1 is 1.25 bits per heavy atom. The summed E-state index contributed by atoms with van der Waals surface area (Å²) in [6, 6.07) is 10.1. The van der Waals surface area contributed by atoms with E-state index in [2.05, 4.69) is 17.4 Å². The maximum atomic E-state index is 12.6. The van der Waals surface area contributed by atoms with Crippen LogP contribution in [0.5, 0.6) is 0 Å². The molecule has 0 aromatic heterocycles. The lowest BCUT2D eigenvalue weighted by Crippen LogP contribution is -2.52. The van der Waals surface area contributed by atoms with Crippen LogP contribution in [0.2, 0.25) is 0 Å². The smallest absolute Gasteiger partial charge is 0.410 e. The first-order valence-electron chi connectivity index (χ1n) is 8.63. The lowest BCUT2D eigenvalue weighted by molar-refractivity contribution is -0.131. The highest BCUT2D eigenvalue weighted by molar-refractivity contribution is 5.86. The molecule has 130 valence electrons. The molecule has 2 aliphatic heterocycles. The Labute approximate surface area is 143 Å². The topological polar surface area (TPSA) is 58.6 Å². The van der Waals surface area contributed by atoms with E-state index in [-0.39, 0.29) is 17.9 Å². The van der Waals surface area contributed by atoms with Gasteiger partial charge in [-0.2, -0.15) is 0 Å². The molecule has 5 heteroatoms. The number of likely N-dealkylation sites (tertiary alicyclic amines) is 1. The second-order valence-electron chi connectivity index (χ2n) is 7.80. The average molecular weight is 330 g/mol. The minimum Gasteiger partial charge on any atom is -0.444 e. The van der Waals surface area contributed by atoms with Crippen LogP contribution in [0.3, 0.4) is 0 Å². The van der Waals surface area contributed by atoms with Crippen molar-refractivity contribution in [3.63, 3.8) is 0 Å². The zero-order chi connectivity index (χ0) is 17.4. The summed E-state index contributed by atoms with van der Waals surface area (Å²) in [4.78, 5) is 26.8. The average Bonchev–Trinajstić information content (AvgIpc) is 2.88. The SMILES string of the molecule is CC(C)(C)OC(=O)N1CCC2(CCNC2=O)C(c2ccccc2)C1. The Kier molecular flexibility index (Phi) is 4.28. The van der Waals surface area contributed by atoms with Crippen LogP contribution in [0.1, 0.15) is 45.1 Å². The van der Waals surface area contributed by atoms with E-state index in [0.29, 0.717) is 26.1 Å². The van der Waals surface area contributed by atoms with Crippen molar-refractivity contribution in [2.45, 2.75) is 45.1 Å². The molecule has 3 rings (SSSR count). The molecule has 1 aromatic carbocycles. The van der Waals surface area contributed by atoms with Crippen molar-refractivity contribution in [2.24, 2.45) is 5.41 Å². The van der Waals surface area contributed by atoms with Crippen molar-refractivity contribution in [1.82, 2.24) is 10.2 Å². The van der Waals surface area contributed by atoms with E-state index in [1.165, 1.54) is 0 Å². The van der Waals surface area contributed by atoms with Gasteiger partial charge in [-0.1, -0.05) is 30.3 Å². The minimum absolute atomic E-state index is 0.00229. The fraction of sp³-hybridized carbons (Fsp3) is 0.579. The Bertz CT molecular complexity index is 623. The van der Waals surface area contributed by atoms with Crippen LogP contribution in [0.4, 0.5) is 4.79 Å². The van der Waals surface area contributed by atoms with Crippen molar-refractivity contribution in [3.8, 4) is 0 Å². The molecular weight excluding hydrogens is 304 g/mol. The summed E-state index contributed by atoms with van der Waals surface area (Å²) in [5.74, 6) is 0.127. The molecule has 24 heavy (non-hydrogen) atoms. The Morgan fingerprint density at radius 3 is 2.54 bits per heavy atom. The van der Waals surface area contributed by atoms with Gasteiger partial charge in [-0.25, -0.2) is 4.79 Å². The summed E-state index contributed by atoms with van der Waals surface area (Å²) in [5.41, 5.74) is 0.196. The van der Waals surface area contributed by atoms with E-state index in [9.17, 15) is 9.59 Å². The van der Waals surface area contributed by atoms with Crippen LogP contribution in [-0.2, 0) is 9.53 Å². The molecule has 2 amide bonds. The first-order chi connectivity index (χ1) is 11.3. The number of carbonyl (C=O) groups excluding carboxylic acids is 2. The number of piperidine rings is 1. The van der Waals surface area contributed by atoms with Gasteiger partial charge >= 0.3 is 6.09 Å². The van der Waals surface area contributed by atoms with Crippen LogP contribution in [-0.4, -0.2) is 42.1 Å². The Hall–Kier alpha value is -2.04. The molecule has 1 aromatic rings. The van der Waals surface area contributed by atoms with Gasteiger partial charge < -0.3 is 15.0 Å². The number of rotatable bonds is 1. The van der Waals surface area contributed by atoms with Crippen LogP contribution < -0.4 is 5.32 Å². The molecule has 1 spiro atoms. The number of hydrogen-bond donors (Lipinski definition) is 1. The first kappa shape index (κ1) is 16.8. The highest BCUT2D eigenvalue weighted by atomic mass is 16.6. The molecule has 0 radical (unpaired) electrons. The maximum absolute atomic E-state index is 12.6. The van der Waals surface area contributed by atoms with Crippen molar-refractivity contribution >= 4 is 12.0 Å². The van der Waals surface area contributed by atoms with E-state index < -0.39 is 11.0 Å². The summed E-state index contributed by atoms with van der Waals surface area (Å²) in [5, 5.41) is 2.99. The van der Waals surface area contributed by atoms with Crippen LogP contribution in [0, 0.1) is 5.41 Å². The lowest BCUT2D eigenvalue weighted by Gasteiger charge is -2.44. The summed E-state index contributed by atoms with van der Waals surface area (Å²) in [6.45, 7) is 7.41. The highest BCUT2D eigenvalue weighted by Crippen LogP contribution is 2.48. The summed E-state index contributed by atoms with van der Waals surface area (Å²) >= 11 is 0. The van der Waals surface area contributed by atoms with Gasteiger partial charge in [0.2, 0.25) is 5.91 Å². The fourth-order valence-corrected chi connectivity index (χ4v) is 3.86. The van der Waals surface area contributed by atoms with Crippen molar-refractivity contribution in [2.75, 3.05) is 19.6 Å². The monoisotopic (exact) mass is 330 g/mol. The molecule has 2 unspecified atom stereocenters. The number of benzene rings is 1. The molecule has 2 aliphatic rings. The third-order valence-electron chi connectivity index (χ3n) is 5.06. The minimum atomic E-state index is -0.515. The zero-order valence-electron chi connectivity index (χ0n) is 14.7. The molecule has 5 nitrogen and oxygen atoms in total. The third kappa shape index (κ3) is 3.12. The number of ether oxygens (including phenoxy) is 1. The molecule has 0 bridgehead atoms. The van der Waals surface area contributed by atoms with Gasteiger partial charge in [0.05, 0.1) is 5.41 Å². The van der Waals surface area contributed by atoms with Gasteiger partial charge in [-0.15, -0.1) is 0 Å². The standard InChI is InChI=1S/C19H26N2O3/c1-18(2,3)24-17(23)21-12-10-19(9-11-20-16(19)22)15(13-21)14-7-5-4-6-8-14/h4-8,15H,9-13H2,1-3H3,(H,20,22). The van der Waals surface area contributed by atoms with Crippen molar-refractivity contribution in [1.29, 1.82) is 0 Å². The normalized spacial score (nSPS) is 27.2. The summed E-state index contributed by atoms with van der Waals surface area (Å²) in [7, 11) is 0. The van der Waals surface area contributed by atoms with Gasteiger partial charge in [0.15, 0.2) is 0 Å². The summed E-state index contributed by atoms with van der Waals surface area (Å²) < 4.78 is 5.53. The lowest BCUT2D eigenvalue weighted by atomic mass is 9.66. The maximum Gasteiger partial charge on any atom is 0.410 e. The zero-order valence-corrected chi connectivity index (χ0v) is 14.7. The quantitative estimate of drug-likeness (QED) is 0.861. The largest absolute Gasteiger partial charge is 0.444 e. The van der Waals surface area contributed by atoms with Gasteiger partial charge in [-0.3, -0.25) is 4.79 Å². The van der Waals surface area contributed by atoms with Crippen LogP contribution in [0.25, 0.3) is 0 Å². The number of carbonyl (C=O) groups is 2. The van der Waals surface area contributed by atoms with Crippen LogP contribution >= 0.6 is 0 Å². The van der Waals surface area contributed by atoms with Crippen LogP contribution in [0.15, 0.2) is 30.3 Å². The number of amides is 2. The number of nitrogens with one attached hydrogen (secondary N) is 1. The molecule has 1 N–H and O–H groups in total. The molecule has 2 atom stereocenters. The third-order valence-corrected chi connectivity index (χ3v) is 5.06. The van der Waals surface area contributed by atoms with Gasteiger partial charge in [0.25, 0.3) is 0 Å². The predicted molar refractivity (Wildman–Crippen MR) is 91.7 cm³/mol. The molecule has 0 aliphatic carbocycles. The molecule has 2 fully saturated rings. The van der Waals surface area contributed by atoms with E-state index >= 15 is 0 Å². The van der Waals surface area contributed by atoms with Gasteiger partial charge in [-0.05, 0) is 39.2 Å². The van der Waals surface area contributed by atoms with E-state index in [0.717, 1.165) is 12.0 Å². The Morgan fingerprint density at radius 2 is 1.96 bits per heavy atom. The fourth-order valence-electron chi connectivity index (χ4n) is 3.86. The van der Waals surface area contributed by atoms with Crippen molar-refractivity contribution in [3.05, 3.63) is 35.9 Å². The number of nitrogens with zero attached hydrogens (tertiary/aromatic N) is 1. The molecular formula is C19H26N2O3. The second-order valence-corrected chi connectivity index (χ2v) is 7.80. The highest BCUT2D eigenvalue weighted by Gasteiger charge is 2.52. The predicted octanol–water partition coefficient (Wildman–Crippen LogP) is 2.92. The molecule has 0 saturated carbocycles. The molecule has 2 heterocycles. The summed E-state index contributed by atoms with van der Waals surface area (Å²) in [6.07, 6.45) is 1.21. The second kappa shape index (κ2) is 6.11.